The molecule has 0 unspecified atom stereocenters. The molecule has 7 atom stereocenters. The van der Waals surface area contributed by atoms with Crippen molar-refractivity contribution in [1.82, 2.24) is 0 Å². The molecular weight excluding hydrogens is 500 g/mol. The third kappa shape index (κ3) is 5.82. The Hall–Kier alpha value is -3.09. The number of carbonyl (C=O) groups excluding carboxylic acids is 1. The van der Waals surface area contributed by atoms with Gasteiger partial charge in [0, 0.05) is 5.92 Å². The summed E-state index contributed by atoms with van der Waals surface area (Å²) >= 11 is 0. The highest BCUT2D eigenvalue weighted by atomic mass is 16.7. The SMILES string of the molecule is COc1ccc(C[C@H]2COC(=O)[C@@H]2Cc2ccc(O[C@@H]3O[C@H](CO)[C@@H](O)[C@H](O)[C@H]3O)c(OC)c2)cc1OC. The summed E-state index contributed by atoms with van der Waals surface area (Å²) in [5.41, 5.74) is 1.81. The number of aliphatic hydroxyl groups is 4. The minimum Gasteiger partial charge on any atom is -0.493 e. The van der Waals surface area contributed by atoms with E-state index in [2.05, 4.69) is 0 Å². The Morgan fingerprint density at radius 1 is 0.816 bits per heavy atom. The van der Waals surface area contributed by atoms with Gasteiger partial charge in [-0.2, -0.15) is 0 Å². The lowest BCUT2D eigenvalue weighted by molar-refractivity contribution is -0.277. The second kappa shape index (κ2) is 12.2. The molecule has 11 heteroatoms. The highest BCUT2D eigenvalue weighted by Gasteiger charge is 2.45. The van der Waals surface area contributed by atoms with Crippen molar-refractivity contribution in [2.45, 2.75) is 43.5 Å². The average molecular weight is 535 g/mol. The van der Waals surface area contributed by atoms with E-state index in [0.29, 0.717) is 36.7 Å². The molecule has 2 aliphatic heterocycles. The van der Waals surface area contributed by atoms with Crippen LogP contribution in [0.4, 0.5) is 0 Å². The summed E-state index contributed by atoms with van der Waals surface area (Å²) < 4.78 is 32.7. The first-order chi connectivity index (χ1) is 18.3. The molecule has 0 radical (unpaired) electrons. The number of benzene rings is 2. The minimum absolute atomic E-state index is 0.0448. The Kier molecular flexibility index (Phi) is 8.95. The van der Waals surface area contributed by atoms with Crippen LogP contribution in [0.3, 0.4) is 0 Å². The maximum Gasteiger partial charge on any atom is 0.309 e. The van der Waals surface area contributed by atoms with E-state index in [1.807, 2.05) is 18.2 Å². The molecule has 4 N–H and O–H groups in total. The molecule has 0 aliphatic carbocycles. The zero-order chi connectivity index (χ0) is 27.4. The van der Waals surface area contributed by atoms with Crippen LogP contribution in [0.1, 0.15) is 11.1 Å². The number of hydrogen-bond donors (Lipinski definition) is 4. The van der Waals surface area contributed by atoms with Crippen molar-refractivity contribution < 1.29 is 53.6 Å². The third-order valence-corrected chi connectivity index (χ3v) is 7.03. The number of hydrogen-bond acceptors (Lipinski definition) is 11. The molecule has 0 bridgehead atoms. The van der Waals surface area contributed by atoms with Gasteiger partial charge in [0.15, 0.2) is 23.0 Å². The summed E-state index contributed by atoms with van der Waals surface area (Å²) in [5.74, 6) is 1.10. The van der Waals surface area contributed by atoms with E-state index in [9.17, 15) is 25.2 Å². The van der Waals surface area contributed by atoms with Crippen molar-refractivity contribution >= 4 is 5.97 Å². The quantitative estimate of drug-likeness (QED) is 0.315. The molecule has 208 valence electrons. The number of aliphatic hydroxyl groups excluding tert-OH is 4. The Balaban J connectivity index is 1.47. The molecule has 2 fully saturated rings. The Morgan fingerprint density at radius 3 is 2.05 bits per heavy atom. The summed E-state index contributed by atoms with van der Waals surface area (Å²) in [6.07, 6.45) is -6.02. The van der Waals surface area contributed by atoms with Crippen molar-refractivity contribution in [1.29, 1.82) is 0 Å². The lowest BCUT2D eigenvalue weighted by Gasteiger charge is -2.39. The zero-order valence-electron chi connectivity index (χ0n) is 21.5. The zero-order valence-corrected chi connectivity index (χ0v) is 21.5. The first-order valence-electron chi connectivity index (χ1n) is 12.3. The van der Waals surface area contributed by atoms with Crippen LogP contribution in [-0.4, -0.2) is 91.6 Å². The molecule has 2 heterocycles. The van der Waals surface area contributed by atoms with Gasteiger partial charge in [0.05, 0.1) is 40.5 Å². The molecule has 2 aliphatic rings. The van der Waals surface area contributed by atoms with Gasteiger partial charge >= 0.3 is 5.97 Å². The normalized spacial score (nSPS) is 29.0. The molecule has 0 amide bonds. The third-order valence-electron chi connectivity index (χ3n) is 7.03. The van der Waals surface area contributed by atoms with Crippen molar-refractivity contribution in [3.8, 4) is 23.0 Å². The van der Waals surface area contributed by atoms with E-state index < -0.39 is 37.3 Å². The van der Waals surface area contributed by atoms with Crippen LogP contribution < -0.4 is 18.9 Å². The van der Waals surface area contributed by atoms with E-state index in [1.165, 1.54) is 7.11 Å². The van der Waals surface area contributed by atoms with Gasteiger partial charge in [-0.25, -0.2) is 0 Å². The molecule has 0 saturated carbocycles. The molecule has 4 rings (SSSR count). The van der Waals surface area contributed by atoms with E-state index in [0.717, 1.165) is 11.1 Å². The highest BCUT2D eigenvalue weighted by molar-refractivity contribution is 5.75. The summed E-state index contributed by atoms with van der Waals surface area (Å²) in [7, 11) is 4.60. The molecule has 0 aromatic heterocycles. The lowest BCUT2D eigenvalue weighted by atomic mass is 9.85. The van der Waals surface area contributed by atoms with Crippen LogP contribution in [0.2, 0.25) is 0 Å². The van der Waals surface area contributed by atoms with Crippen LogP contribution in [-0.2, 0) is 27.1 Å². The van der Waals surface area contributed by atoms with Gasteiger partial charge in [0.2, 0.25) is 6.29 Å². The first kappa shape index (κ1) is 27.9. The number of rotatable bonds is 10. The minimum atomic E-state index is -1.56. The van der Waals surface area contributed by atoms with Crippen LogP contribution in [0.5, 0.6) is 23.0 Å². The van der Waals surface area contributed by atoms with Gasteiger partial charge in [-0.15, -0.1) is 0 Å². The fourth-order valence-corrected chi connectivity index (χ4v) is 4.85. The summed E-state index contributed by atoms with van der Waals surface area (Å²) in [6, 6.07) is 10.8. The smallest absolute Gasteiger partial charge is 0.309 e. The van der Waals surface area contributed by atoms with Crippen molar-refractivity contribution in [2.24, 2.45) is 11.8 Å². The first-order valence-corrected chi connectivity index (χ1v) is 12.3. The second-order valence-electron chi connectivity index (χ2n) is 9.39. The van der Waals surface area contributed by atoms with E-state index >= 15 is 0 Å². The number of cyclic esters (lactones) is 1. The molecule has 11 nitrogen and oxygen atoms in total. The maximum atomic E-state index is 12.6. The second-order valence-corrected chi connectivity index (χ2v) is 9.39. The summed E-state index contributed by atoms with van der Waals surface area (Å²) in [6.45, 7) is -0.254. The Morgan fingerprint density at radius 2 is 1.42 bits per heavy atom. The fraction of sp³-hybridized carbons (Fsp3) is 0.519. The standard InChI is InChI=1S/C27H34O11/c1-33-18-6-4-14(10-20(18)34-2)8-16-13-36-26(32)17(16)9-15-5-7-19(21(11-15)35-3)37-27-25(31)24(30)23(29)22(12-28)38-27/h4-7,10-11,16-17,22-25,27-31H,8-9,12-13H2,1-3H3/t16-,17+,22+,23+,24-,25+,27+/m0/s1. The molecule has 0 spiro atoms. The summed E-state index contributed by atoms with van der Waals surface area (Å²) in [5, 5.41) is 39.7. The van der Waals surface area contributed by atoms with Crippen LogP contribution in [0.25, 0.3) is 0 Å². The van der Waals surface area contributed by atoms with Gasteiger partial charge in [0.1, 0.15) is 24.4 Å². The Labute approximate surface area is 220 Å². The van der Waals surface area contributed by atoms with E-state index in [4.69, 9.17) is 28.4 Å². The van der Waals surface area contributed by atoms with Crippen molar-refractivity contribution in [3.05, 3.63) is 47.5 Å². The predicted octanol–water partition coefficient (Wildman–Crippen LogP) is 0.466. The van der Waals surface area contributed by atoms with Gasteiger partial charge in [-0.05, 0) is 48.2 Å². The number of methoxy groups -OCH3 is 3. The van der Waals surface area contributed by atoms with Gasteiger partial charge < -0.3 is 48.8 Å². The Bertz CT molecular complexity index is 1100. The molecule has 38 heavy (non-hydrogen) atoms. The molecule has 2 saturated heterocycles. The number of ether oxygens (including phenoxy) is 6. The topological polar surface area (TPSA) is 153 Å². The van der Waals surface area contributed by atoms with Crippen molar-refractivity contribution in [3.63, 3.8) is 0 Å². The van der Waals surface area contributed by atoms with Crippen LogP contribution in [0, 0.1) is 11.8 Å². The van der Waals surface area contributed by atoms with Crippen LogP contribution >= 0.6 is 0 Å². The van der Waals surface area contributed by atoms with Crippen molar-refractivity contribution in [2.75, 3.05) is 34.5 Å². The van der Waals surface area contributed by atoms with Gasteiger partial charge in [-0.1, -0.05) is 12.1 Å². The molecule has 2 aromatic carbocycles. The highest BCUT2D eigenvalue weighted by Crippen LogP contribution is 2.36. The van der Waals surface area contributed by atoms with E-state index in [-0.39, 0.29) is 23.6 Å². The fourth-order valence-electron chi connectivity index (χ4n) is 4.85. The van der Waals surface area contributed by atoms with Gasteiger partial charge in [-0.3, -0.25) is 4.79 Å². The molecule has 2 aromatic rings. The summed E-state index contributed by atoms with van der Waals surface area (Å²) in [4.78, 5) is 12.6. The maximum absolute atomic E-state index is 12.6. The number of esters is 1. The average Bonchev–Trinajstić information content (AvgIpc) is 3.27. The van der Waals surface area contributed by atoms with E-state index in [1.54, 1.807) is 32.4 Å². The monoisotopic (exact) mass is 534 g/mol. The van der Waals surface area contributed by atoms with Gasteiger partial charge in [0.25, 0.3) is 0 Å². The molecular formula is C27H34O11. The largest absolute Gasteiger partial charge is 0.493 e. The predicted molar refractivity (Wildman–Crippen MR) is 132 cm³/mol. The number of carbonyl (C=O) groups is 1. The van der Waals surface area contributed by atoms with Crippen LogP contribution in [0.15, 0.2) is 36.4 Å². The lowest BCUT2D eigenvalue weighted by Crippen LogP contribution is -2.60.